The quantitative estimate of drug-likeness (QED) is 0.0334. The van der Waals surface area contributed by atoms with Crippen LogP contribution in [0.1, 0.15) is 255 Å². The van der Waals surface area contributed by atoms with Crippen LogP contribution in [0, 0.1) is 0 Å². The molecule has 9 aromatic heterocycles. The first-order valence-corrected chi connectivity index (χ1v) is 41.4. The van der Waals surface area contributed by atoms with Crippen LogP contribution in [0.5, 0.6) is 0 Å². The number of hydrogen-bond donors (Lipinski definition) is 0. The van der Waals surface area contributed by atoms with Gasteiger partial charge in [-0.1, -0.05) is 207 Å². The van der Waals surface area contributed by atoms with Gasteiger partial charge in [-0.25, -0.2) is 0 Å². The highest BCUT2D eigenvalue weighted by molar-refractivity contribution is 7.32. The highest BCUT2D eigenvalue weighted by atomic mass is 32.1. The molecule has 9 heterocycles. The summed E-state index contributed by atoms with van der Waals surface area (Å²) in [7, 11) is 0. The van der Waals surface area contributed by atoms with Crippen molar-refractivity contribution < 1.29 is 0 Å². The second-order valence-corrected chi connectivity index (χ2v) is 33.4. The Balaban J connectivity index is 1.02. The van der Waals surface area contributed by atoms with Gasteiger partial charge >= 0.3 is 0 Å². The zero-order chi connectivity index (χ0) is 58.8. The highest BCUT2D eigenvalue weighted by Gasteiger charge is 2.26. The second-order valence-electron chi connectivity index (χ2n) is 24.1. The average Bonchev–Trinajstić information content (AvgIpc) is 2.68. The van der Waals surface area contributed by atoms with Crippen molar-refractivity contribution in [1.82, 2.24) is 0 Å². The van der Waals surface area contributed by atoms with E-state index in [-0.39, 0.29) is 0 Å². The van der Waals surface area contributed by atoms with Gasteiger partial charge < -0.3 is 0 Å². The lowest BCUT2D eigenvalue weighted by atomic mass is 9.95. The molecule has 0 spiro atoms. The van der Waals surface area contributed by atoms with Gasteiger partial charge in [0.1, 0.15) is 0 Å². The average molecular weight is 1300 g/mol. The van der Waals surface area contributed by atoms with Crippen LogP contribution < -0.4 is 0 Å². The lowest BCUT2D eigenvalue weighted by Crippen LogP contribution is -1.95. The zero-order valence-corrected chi connectivity index (χ0v) is 59.9. The molecule has 9 heteroatoms. The topological polar surface area (TPSA) is 0 Å². The molecule has 0 aliphatic heterocycles. The van der Waals surface area contributed by atoms with Crippen LogP contribution in [-0.4, -0.2) is 0 Å². The molecule has 0 aromatic carbocycles. The second kappa shape index (κ2) is 36.8. The van der Waals surface area contributed by atoms with Crippen LogP contribution in [-0.2, 0) is 32.1 Å². The van der Waals surface area contributed by atoms with E-state index in [1.54, 1.807) is 47.3 Å². The molecule has 0 saturated heterocycles. The highest BCUT2D eigenvalue weighted by Crippen LogP contribution is 2.53. The van der Waals surface area contributed by atoms with E-state index in [0.717, 1.165) is 0 Å². The van der Waals surface area contributed by atoms with E-state index in [1.165, 1.54) is 283 Å². The van der Waals surface area contributed by atoms with E-state index in [0.29, 0.717) is 0 Å². The smallest absolute Gasteiger partial charge is 0.0484 e. The molecule has 0 fully saturated rings. The van der Waals surface area contributed by atoms with Crippen LogP contribution in [0.2, 0.25) is 0 Å². The Morgan fingerprint density at radius 1 is 0.224 bits per heavy atom. The fourth-order valence-corrected chi connectivity index (χ4v) is 22.9. The van der Waals surface area contributed by atoms with Gasteiger partial charge in [-0.2, -0.15) is 0 Å². The normalized spacial score (nSPS) is 11.8. The molecule has 0 radical (unpaired) electrons. The predicted molar refractivity (Wildman–Crippen MR) is 396 cm³/mol. The molecule has 0 saturated carbocycles. The molecule has 9 aromatic rings. The third kappa shape index (κ3) is 19.2. The molecule has 0 atom stereocenters. The van der Waals surface area contributed by atoms with Gasteiger partial charge in [0.05, 0.1) is 0 Å². The summed E-state index contributed by atoms with van der Waals surface area (Å²) in [4.78, 5) is 23.6. The molecule has 0 N–H and O–H groups in total. The minimum Gasteiger partial charge on any atom is -0.143 e. The van der Waals surface area contributed by atoms with Crippen molar-refractivity contribution >= 4 is 102 Å². The molecule has 85 heavy (non-hydrogen) atoms. The first-order chi connectivity index (χ1) is 42.0. The summed E-state index contributed by atoms with van der Waals surface area (Å²) in [5, 5.41) is 4.54. The summed E-state index contributed by atoms with van der Waals surface area (Å²) in [6.07, 6.45) is 46.2. The summed E-state index contributed by atoms with van der Waals surface area (Å²) in [5.41, 5.74) is 8.25. The van der Waals surface area contributed by atoms with Crippen molar-refractivity contribution in [3.63, 3.8) is 0 Å². The summed E-state index contributed by atoms with van der Waals surface area (Å²) in [6.45, 7) is 11.7. The van der Waals surface area contributed by atoms with Crippen molar-refractivity contribution in [3.05, 3.63) is 117 Å². The van der Waals surface area contributed by atoms with E-state index in [9.17, 15) is 0 Å². The summed E-state index contributed by atoms with van der Waals surface area (Å²) >= 11 is 18.3. The van der Waals surface area contributed by atoms with Gasteiger partial charge in [-0.15, -0.1) is 102 Å². The largest absolute Gasteiger partial charge is 0.143 e. The molecular formula is C76H100S9. The number of aryl methyl sites for hydroxylation is 1. The Hall–Kier alpha value is -2.70. The SMILES string of the molecule is CCCCCCCCc1cc(-c2ccc(-c3ccc(-c4sc(-c5ccc(-c6ccc(-c7sc(-c8cccs8)c(CCCCCCCC)c7CCCCCCCC)s6)s5)c(CCCCCCCC)c4CCCCCCCC)s3)s2)sc1-c1cccs1. The fourth-order valence-electron chi connectivity index (χ4n) is 12.4. The van der Waals surface area contributed by atoms with E-state index >= 15 is 0 Å². The number of rotatable bonds is 43. The Morgan fingerprint density at radius 2 is 0.494 bits per heavy atom. The van der Waals surface area contributed by atoms with Gasteiger partial charge in [-0.3, -0.25) is 0 Å². The third-order valence-corrected chi connectivity index (χ3v) is 28.6. The Labute approximate surface area is 551 Å². The van der Waals surface area contributed by atoms with Gasteiger partial charge in [0.2, 0.25) is 0 Å². The first-order valence-electron chi connectivity index (χ1n) is 33.9. The fraction of sp³-hybridized carbons (Fsp3) is 0.526. The monoisotopic (exact) mass is 1300 g/mol. The van der Waals surface area contributed by atoms with Gasteiger partial charge in [0.25, 0.3) is 0 Å². The molecule has 0 aliphatic rings. The lowest BCUT2D eigenvalue weighted by molar-refractivity contribution is 0.600. The third-order valence-electron chi connectivity index (χ3n) is 17.3. The van der Waals surface area contributed by atoms with Crippen molar-refractivity contribution in [2.75, 3.05) is 0 Å². The maximum Gasteiger partial charge on any atom is 0.0484 e. The maximum atomic E-state index is 2.55. The molecule has 0 unspecified atom stereocenters. The minimum atomic E-state index is 1.18. The molecule has 0 bridgehead atoms. The summed E-state index contributed by atoms with van der Waals surface area (Å²) in [5.74, 6) is 0. The number of thiophene rings is 9. The van der Waals surface area contributed by atoms with Crippen LogP contribution in [0.3, 0.4) is 0 Å². The van der Waals surface area contributed by atoms with Crippen molar-refractivity contribution in [2.24, 2.45) is 0 Å². The maximum absolute atomic E-state index is 2.55. The Kier molecular flexibility index (Phi) is 28.9. The van der Waals surface area contributed by atoms with Crippen LogP contribution in [0.15, 0.2) is 89.6 Å². The van der Waals surface area contributed by atoms with Crippen molar-refractivity contribution in [2.45, 2.75) is 259 Å². The zero-order valence-electron chi connectivity index (χ0n) is 52.6. The van der Waals surface area contributed by atoms with Gasteiger partial charge in [0, 0.05) is 78.0 Å². The first kappa shape index (κ1) is 66.7. The predicted octanol–water partition coefficient (Wildman–Crippen LogP) is 30.1. The number of hydrogen-bond acceptors (Lipinski definition) is 9. The van der Waals surface area contributed by atoms with E-state index in [2.05, 4.69) is 170 Å². The number of unbranched alkanes of at least 4 members (excludes halogenated alkanes) is 25. The molecule has 0 nitrogen and oxygen atoms in total. The Bertz CT molecular complexity index is 3240. The van der Waals surface area contributed by atoms with E-state index in [1.807, 2.05) is 56.7 Å². The summed E-state index contributed by atoms with van der Waals surface area (Å²) in [6, 6.07) is 31.5. The minimum absolute atomic E-state index is 1.18. The molecule has 0 aliphatic carbocycles. The van der Waals surface area contributed by atoms with Crippen molar-refractivity contribution in [1.29, 1.82) is 0 Å². The van der Waals surface area contributed by atoms with Crippen molar-refractivity contribution in [3.8, 4) is 78.0 Å². The Morgan fingerprint density at radius 3 is 0.824 bits per heavy atom. The summed E-state index contributed by atoms with van der Waals surface area (Å²) < 4.78 is 0. The molecule has 458 valence electrons. The van der Waals surface area contributed by atoms with E-state index < -0.39 is 0 Å². The van der Waals surface area contributed by atoms with E-state index in [4.69, 9.17) is 0 Å². The standard InChI is InChI=1S/C76H100S9/c1-6-11-16-21-26-31-38-56-55-71(83-72(56)66-43-36-53-77-66)65-46-45-61(79-65)62-47-50-69(80-62)75-59(41-34-29-24-19-14-9-4)60(42-35-30-25-20-15-10-5)76(85-75)70-52-49-64(82-70)63-48-51-68(81-63)74-58(40-33-28-23-18-13-8-3)57(39-32-27-22-17-12-7-2)73(84-74)67-44-37-54-78-67/h36-37,43-55H,6-35,38-42H2,1-5H3. The lowest BCUT2D eigenvalue weighted by Gasteiger charge is -2.10. The molecular weight excluding hydrogens is 1200 g/mol. The van der Waals surface area contributed by atoms with Crippen LogP contribution in [0.25, 0.3) is 78.0 Å². The van der Waals surface area contributed by atoms with Crippen LogP contribution in [0.4, 0.5) is 0 Å². The van der Waals surface area contributed by atoms with Crippen LogP contribution >= 0.6 is 102 Å². The van der Waals surface area contributed by atoms with Gasteiger partial charge in [0.15, 0.2) is 0 Å². The molecule has 0 amide bonds. The molecule has 9 rings (SSSR count). The van der Waals surface area contributed by atoms with Gasteiger partial charge in [-0.05, 0) is 170 Å².